The Kier molecular flexibility index (Phi) is 5.67. The number of nitrogens with one attached hydrogen (secondary N) is 2. The van der Waals surface area contributed by atoms with Crippen LogP contribution < -0.4 is 14.7 Å². The summed E-state index contributed by atoms with van der Waals surface area (Å²) in [7, 11) is 0.281. The molecular weight excluding hydrogens is 280 g/mol. The number of quaternary nitrogens is 1. The van der Waals surface area contributed by atoms with Gasteiger partial charge < -0.3 is 14.8 Å². The predicted octanol–water partition coefficient (Wildman–Crippen LogP) is -1.83. The van der Waals surface area contributed by atoms with Crippen LogP contribution in [0.1, 0.15) is 22.3 Å². The topological polar surface area (TPSA) is 90.7 Å². The normalized spacial score (nSPS) is 11.8. The molecule has 7 heteroatoms. The van der Waals surface area contributed by atoms with Crippen LogP contribution in [0.3, 0.4) is 0 Å². The van der Waals surface area contributed by atoms with Crippen molar-refractivity contribution >= 4 is 16.0 Å². The number of carboxylic acids is 1. The van der Waals surface area contributed by atoms with Gasteiger partial charge in [0.05, 0.1) is 31.5 Å². The summed E-state index contributed by atoms with van der Waals surface area (Å²) >= 11 is 0. The second kappa shape index (κ2) is 6.83. The summed E-state index contributed by atoms with van der Waals surface area (Å²) in [5.41, 5.74) is 0.356. The van der Waals surface area contributed by atoms with E-state index < -0.39 is 16.0 Å². The minimum Gasteiger partial charge on any atom is -0.545 e. The molecule has 6 nitrogen and oxygen atoms in total. The third-order valence-electron chi connectivity index (χ3n) is 2.86. The molecule has 0 unspecified atom stereocenters. The van der Waals surface area contributed by atoms with E-state index in [-0.39, 0.29) is 10.5 Å². The second-order valence-corrected chi connectivity index (χ2v) is 6.71. The molecule has 0 saturated carbocycles. The van der Waals surface area contributed by atoms with Crippen molar-refractivity contribution in [2.24, 2.45) is 0 Å². The van der Waals surface area contributed by atoms with E-state index in [0.717, 1.165) is 12.6 Å². The van der Waals surface area contributed by atoms with Gasteiger partial charge in [-0.05, 0) is 24.1 Å². The number of carbonyl (C=O) groups is 1. The van der Waals surface area contributed by atoms with E-state index in [0.29, 0.717) is 18.5 Å². The number of carbonyl (C=O) groups excluding carboxylic acids is 1. The smallest absolute Gasteiger partial charge is 0.240 e. The van der Waals surface area contributed by atoms with Gasteiger partial charge in [0, 0.05) is 13.0 Å². The van der Waals surface area contributed by atoms with E-state index in [2.05, 4.69) is 4.72 Å². The molecule has 0 heterocycles. The molecule has 0 aromatic heterocycles. The maximum absolute atomic E-state index is 12.1. The molecule has 0 amide bonds. The highest BCUT2D eigenvalue weighted by Crippen LogP contribution is 2.16. The van der Waals surface area contributed by atoms with Crippen LogP contribution in [0.5, 0.6) is 0 Å². The lowest BCUT2D eigenvalue weighted by Gasteiger charge is -2.12. The number of hydrogen-bond acceptors (Lipinski definition) is 4. The first-order valence-electron chi connectivity index (χ1n) is 6.34. The molecule has 20 heavy (non-hydrogen) atoms. The molecule has 0 spiro atoms. The zero-order valence-electron chi connectivity index (χ0n) is 11.9. The Bertz CT molecular complexity index is 582. The van der Waals surface area contributed by atoms with Crippen molar-refractivity contribution in [3.8, 4) is 0 Å². The summed E-state index contributed by atoms with van der Waals surface area (Å²) < 4.78 is 26.8. The van der Waals surface area contributed by atoms with E-state index in [1.54, 1.807) is 6.92 Å². The fraction of sp³-hybridized carbons (Fsp3) is 0.462. The largest absolute Gasteiger partial charge is 0.545 e. The van der Waals surface area contributed by atoms with E-state index in [1.165, 1.54) is 17.0 Å². The van der Waals surface area contributed by atoms with Crippen LogP contribution in [0.25, 0.3) is 0 Å². The SMILES string of the molecule is Cc1ccc(C(=O)[O-])cc1S(=O)(=O)NCCC[NH+](C)C. The lowest BCUT2D eigenvalue weighted by Crippen LogP contribution is -3.05. The van der Waals surface area contributed by atoms with E-state index in [9.17, 15) is 18.3 Å². The molecule has 1 rings (SSSR count). The summed E-state index contributed by atoms with van der Waals surface area (Å²) in [5, 5.41) is 10.8. The molecule has 0 saturated heterocycles. The Morgan fingerprint density at radius 3 is 2.55 bits per heavy atom. The summed E-state index contributed by atoms with van der Waals surface area (Å²) in [6.07, 6.45) is 0.709. The Morgan fingerprint density at radius 2 is 2.00 bits per heavy atom. The molecule has 2 N–H and O–H groups in total. The second-order valence-electron chi connectivity index (χ2n) is 4.98. The molecule has 1 aromatic rings. The quantitative estimate of drug-likeness (QED) is 0.580. The molecule has 0 aliphatic heterocycles. The number of aryl methyl sites for hydroxylation is 1. The molecule has 0 fully saturated rings. The zero-order chi connectivity index (χ0) is 15.3. The fourth-order valence-electron chi connectivity index (χ4n) is 1.74. The monoisotopic (exact) mass is 300 g/mol. The summed E-state index contributed by atoms with van der Waals surface area (Å²) in [4.78, 5) is 12.0. The van der Waals surface area contributed by atoms with E-state index in [4.69, 9.17) is 0 Å². The van der Waals surface area contributed by atoms with Gasteiger partial charge in [-0.15, -0.1) is 0 Å². The number of sulfonamides is 1. The van der Waals surface area contributed by atoms with Crippen LogP contribution in [0.2, 0.25) is 0 Å². The lowest BCUT2D eigenvalue weighted by molar-refractivity contribution is -0.858. The Hall–Kier alpha value is -1.44. The number of benzene rings is 1. The number of carboxylic acid groups (broad SMARTS) is 1. The fourth-order valence-corrected chi connectivity index (χ4v) is 3.09. The first-order valence-corrected chi connectivity index (χ1v) is 7.83. The van der Waals surface area contributed by atoms with Crippen molar-refractivity contribution in [3.63, 3.8) is 0 Å². The van der Waals surface area contributed by atoms with Gasteiger partial charge in [-0.1, -0.05) is 12.1 Å². The van der Waals surface area contributed by atoms with Crippen LogP contribution in [-0.2, 0) is 10.0 Å². The average molecular weight is 300 g/mol. The lowest BCUT2D eigenvalue weighted by atomic mass is 10.1. The minimum absolute atomic E-state index is 0.0172. The number of rotatable bonds is 7. The van der Waals surface area contributed by atoms with Crippen molar-refractivity contribution < 1.29 is 23.2 Å². The summed E-state index contributed by atoms with van der Waals surface area (Å²) in [6, 6.07) is 3.92. The highest BCUT2D eigenvalue weighted by Gasteiger charge is 2.17. The molecule has 0 aliphatic carbocycles. The van der Waals surface area contributed by atoms with Crippen molar-refractivity contribution in [3.05, 3.63) is 29.3 Å². The van der Waals surface area contributed by atoms with Crippen molar-refractivity contribution in [1.29, 1.82) is 0 Å². The minimum atomic E-state index is -3.70. The van der Waals surface area contributed by atoms with Gasteiger partial charge in [-0.25, -0.2) is 13.1 Å². The maximum Gasteiger partial charge on any atom is 0.240 e. The van der Waals surface area contributed by atoms with Crippen LogP contribution >= 0.6 is 0 Å². The number of hydrogen-bond donors (Lipinski definition) is 2. The van der Waals surface area contributed by atoms with Gasteiger partial charge in [-0.3, -0.25) is 0 Å². The van der Waals surface area contributed by atoms with Gasteiger partial charge in [0.2, 0.25) is 10.0 Å². The standard InChI is InChI=1S/C13H20N2O4S/c1-10-5-6-11(13(16)17)9-12(10)20(18,19)14-7-4-8-15(2)3/h5-6,9,14H,4,7-8H2,1-3H3,(H,16,17). The molecule has 112 valence electrons. The average Bonchev–Trinajstić information content (AvgIpc) is 2.34. The van der Waals surface area contributed by atoms with Gasteiger partial charge >= 0.3 is 0 Å². The van der Waals surface area contributed by atoms with Crippen molar-refractivity contribution in [1.82, 2.24) is 4.72 Å². The molecule has 0 atom stereocenters. The Morgan fingerprint density at radius 1 is 1.35 bits per heavy atom. The number of aromatic carboxylic acids is 1. The van der Waals surface area contributed by atoms with Crippen LogP contribution in [0.15, 0.2) is 23.1 Å². The third kappa shape index (κ3) is 4.59. The molecule has 0 aliphatic rings. The molecular formula is C13H20N2O4S. The van der Waals surface area contributed by atoms with Gasteiger partial charge in [0.1, 0.15) is 0 Å². The first-order chi connectivity index (χ1) is 9.24. The van der Waals surface area contributed by atoms with Crippen molar-refractivity contribution in [2.45, 2.75) is 18.2 Å². The summed E-state index contributed by atoms with van der Waals surface area (Å²) in [6.45, 7) is 2.79. The highest BCUT2D eigenvalue weighted by molar-refractivity contribution is 7.89. The van der Waals surface area contributed by atoms with Gasteiger partial charge in [0.25, 0.3) is 0 Å². The van der Waals surface area contributed by atoms with E-state index in [1.807, 2.05) is 14.1 Å². The van der Waals surface area contributed by atoms with Crippen LogP contribution in [0, 0.1) is 6.92 Å². The maximum atomic E-state index is 12.1. The Labute approximate surface area is 119 Å². The first kappa shape index (κ1) is 16.6. The summed E-state index contributed by atoms with van der Waals surface area (Å²) in [5.74, 6) is -1.39. The molecule has 1 aromatic carbocycles. The third-order valence-corrected chi connectivity index (χ3v) is 4.46. The van der Waals surface area contributed by atoms with Gasteiger partial charge in [-0.2, -0.15) is 0 Å². The Balaban J connectivity index is 2.86. The van der Waals surface area contributed by atoms with Crippen molar-refractivity contribution in [2.75, 3.05) is 27.2 Å². The zero-order valence-corrected chi connectivity index (χ0v) is 12.7. The van der Waals surface area contributed by atoms with Gasteiger partial charge in [0.15, 0.2) is 0 Å². The molecule has 0 radical (unpaired) electrons. The predicted molar refractivity (Wildman–Crippen MR) is 73.0 cm³/mol. The molecule has 0 bridgehead atoms. The van der Waals surface area contributed by atoms with Crippen LogP contribution in [-0.4, -0.2) is 41.6 Å². The van der Waals surface area contributed by atoms with E-state index >= 15 is 0 Å². The highest BCUT2D eigenvalue weighted by atomic mass is 32.2. The van der Waals surface area contributed by atoms with Crippen LogP contribution in [0.4, 0.5) is 0 Å².